The average molecular weight is 400 g/mol. The van der Waals surface area contributed by atoms with Gasteiger partial charge in [-0.3, -0.25) is 9.78 Å². The molecule has 0 saturated carbocycles. The molecule has 3 rings (SSSR count). The lowest BCUT2D eigenvalue weighted by atomic mass is 10.2. The molecular formula is C23H33N3O3. The molecule has 1 aliphatic rings. The van der Waals surface area contributed by atoms with E-state index in [1.807, 2.05) is 6.92 Å². The summed E-state index contributed by atoms with van der Waals surface area (Å²) in [6, 6.07) is 11.6. The van der Waals surface area contributed by atoms with Crippen molar-refractivity contribution in [2.45, 2.75) is 52.5 Å². The minimum absolute atomic E-state index is 0.0950. The Bertz CT molecular complexity index is 726. The Labute approximate surface area is 173 Å². The first-order valence-corrected chi connectivity index (χ1v) is 10.4. The molecule has 158 valence electrons. The quantitative estimate of drug-likeness (QED) is 0.673. The van der Waals surface area contributed by atoms with Crippen LogP contribution in [0, 0.1) is 0 Å². The first-order valence-electron chi connectivity index (χ1n) is 10.4. The van der Waals surface area contributed by atoms with Gasteiger partial charge in [-0.05, 0) is 62.6 Å². The molecule has 0 aliphatic carbocycles. The predicted octanol–water partition coefficient (Wildman–Crippen LogP) is 4.45. The molecule has 6 heteroatoms. The van der Waals surface area contributed by atoms with Crippen molar-refractivity contribution in [3.05, 3.63) is 48.3 Å². The van der Waals surface area contributed by atoms with Crippen LogP contribution in [0.4, 0.5) is 5.69 Å². The Hall–Kier alpha value is -2.76. The van der Waals surface area contributed by atoms with E-state index < -0.39 is 0 Å². The van der Waals surface area contributed by atoms with Crippen molar-refractivity contribution < 1.29 is 14.6 Å². The molecule has 1 aliphatic heterocycles. The topological polar surface area (TPSA) is 74.7 Å². The second kappa shape index (κ2) is 11.9. The maximum absolute atomic E-state index is 10.7. The Balaban J connectivity index is 0.000000212. The maximum Gasteiger partial charge on any atom is 0.217 e. The van der Waals surface area contributed by atoms with E-state index >= 15 is 0 Å². The van der Waals surface area contributed by atoms with Crippen molar-refractivity contribution in [1.29, 1.82) is 0 Å². The third-order valence-corrected chi connectivity index (χ3v) is 4.71. The number of nitrogens with one attached hydrogen (secondary N) is 1. The van der Waals surface area contributed by atoms with Crippen molar-refractivity contribution in [1.82, 2.24) is 10.3 Å². The SMILES string of the molecule is CC(=O)NC(C)c1ccc(O)cn1.CCCCOc1ccc(N2CCCC2)cc1. The van der Waals surface area contributed by atoms with Crippen molar-refractivity contribution in [3.8, 4) is 11.5 Å². The third kappa shape index (κ3) is 8.02. The average Bonchev–Trinajstić information content (AvgIpc) is 3.24. The van der Waals surface area contributed by atoms with Gasteiger partial charge in [0.1, 0.15) is 11.5 Å². The smallest absolute Gasteiger partial charge is 0.217 e. The number of hydrogen-bond donors (Lipinski definition) is 2. The molecule has 1 saturated heterocycles. The highest BCUT2D eigenvalue weighted by atomic mass is 16.5. The highest BCUT2D eigenvalue weighted by Gasteiger charge is 2.11. The molecule has 2 aromatic rings. The van der Waals surface area contributed by atoms with Gasteiger partial charge in [-0.2, -0.15) is 0 Å². The van der Waals surface area contributed by atoms with Gasteiger partial charge in [0, 0.05) is 25.7 Å². The van der Waals surface area contributed by atoms with Gasteiger partial charge in [-0.25, -0.2) is 0 Å². The molecule has 1 amide bonds. The summed E-state index contributed by atoms with van der Waals surface area (Å²) in [5.74, 6) is 1.03. The Morgan fingerprint density at radius 2 is 1.90 bits per heavy atom. The van der Waals surface area contributed by atoms with E-state index in [-0.39, 0.29) is 17.7 Å². The molecule has 0 radical (unpaired) electrons. The summed E-state index contributed by atoms with van der Waals surface area (Å²) in [6.45, 7) is 8.71. The maximum atomic E-state index is 10.7. The number of ether oxygens (including phenoxy) is 1. The Kier molecular flexibility index (Phi) is 9.28. The zero-order valence-corrected chi connectivity index (χ0v) is 17.7. The first kappa shape index (κ1) is 22.5. The van der Waals surface area contributed by atoms with Crippen LogP contribution in [0.25, 0.3) is 0 Å². The van der Waals surface area contributed by atoms with Crippen molar-refractivity contribution >= 4 is 11.6 Å². The van der Waals surface area contributed by atoms with Crippen LogP contribution >= 0.6 is 0 Å². The van der Waals surface area contributed by atoms with Crippen LogP contribution in [0.3, 0.4) is 0 Å². The molecule has 2 N–H and O–H groups in total. The number of hydrogen-bond acceptors (Lipinski definition) is 5. The van der Waals surface area contributed by atoms with Gasteiger partial charge in [0.2, 0.25) is 5.91 Å². The van der Waals surface area contributed by atoms with E-state index in [0.717, 1.165) is 24.5 Å². The normalized spacial score (nSPS) is 14.0. The van der Waals surface area contributed by atoms with E-state index in [4.69, 9.17) is 9.84 Å². The molecule has 0 bridgehead atoms. The molecule has 1 aromatic carbocycles. The largest absolute Gasteiger partial charge is 0.506 e. The van der Waals surface area contributed by atoms with Gasteiger partial charge in [0.15, 0.2) is 0 Å². The second-order valence-corrected chi connectivity index (χ2v) is 7.25. The van der Waals surface area contributed by atoms with Crippen LogP contribution in [0.15, 0.2) is 42.6 Å². The standard InChI is InChI=1S/C14H21NO.C9H12N2O2/c1-2-3-12-16-14-8-6-13(7-9-14)15-10-4-5-11-15;1-6(11-7(2)12)9-4-3-8(13)5-10-9/h6-9H,2-5,10-12H2,1H3;3-6,13H,1-2H3,(H,11,12). The van der Waals surface area contributed by atoms with Crippen LogP contribution in [0.5, 0.6) is 11.5 Å². The number of carbonyl (C=O) groups excluding carboxylic acids is 1. The van der Waals surface area contributed by atoms with Crippen LogP contribution in [0.1, 0.15) is 58.2 Å². The third-order valence-electron chi connectivity index (χ3n) is 4.71. The molecule has 0 spiro atoms. The molecular weight excluding hydrogens is 366 g/mol. The molecule has 1 atom stereocenters. The molecule has 1 unspecified atom stereocenters. The van der Waals surface area contributed by atoms with E-state index in [9.17, 15) is 4.79 Å². The minimum Gasteiger partial charge on any atom is -0.506 e. The summed E-state index contributed by atoms with van der Waals surface area (Å²) in [4.78, 5) is 17.1. The van der Waals surface area contributed by atoms with E-state index in [0.29, 0.717) is 0 Å². The minimum atomic E-state index is -0.127. The number of unbranched alkanes of at least 4 members (excludes halogenated alkanes) is 1. The molecule has 1 aromatic heterocycles. The number of aromatic nitrogens is 1. The number of amides is 1. The lowest BCUT2D eigenvalue weighted by molar-refractivity contribution is -0.119. The number of rotatable bonds is 7. The molecule has 1 fully saturated rings. The van der Waals surface area contributed by atoms with Gasteiger partial charge < -0.3 is 20.1 Å². The fourth-order valence-corrected chi connectivity index (χ4v) is 3.10. The fourth-order valence-electron chi connectivity index (χ4n) is 3.10. The number of nitrogens with zero attached hydrogens (tertiary/aromatic N) is 2. The van der Waals surface area contributed by atoms with Gasteiger partial charge in [0.25, 0.3) is 0 Å². The highest BCUT2D eigenvalue weighted by molar-refractivity contribution is 5.73. The predicted molar refractivity (Wildman–Crippen MR) is 116 cm³/mol. The number of benzene rings is 1. The van der Waals surface area contributed by atoms with Crippen molar-refractivity contribution in [2.24, 2.45) is 0 Å². The van der Waals surface area contributed by atoms with Gasteiger partial charge >= 0.3 is 0 Å². The lowest BCUT2D eigenvalue weighted by Crippen LogP contribution is -2.24. The van der Waals surface area contributed by atoms with Crippen LogP contribution in [0.2, 0.25) is 0 Å². The van der Waals surface area contributed by atoms with E-state index in [1.165, 1.54) is 51.2 Å². The van der Waals surface area contributed by atoms with Gasteiger partial charge in [0.05, 0.1) is 24.5 Å². The van der Waals surface area contributed by atoms with Crippen molar-refractivity contribution in [3.63, 3.8) is 0 Å². The number of carbonyl (C=O) groups is 1. The summed E-state index contributed by atoms with van der Waals surface area (Å²) in [6.07, 6.45) is 6.33. The summed E-state index contributed by atoms with van der Waals surface area (Å²) >= 11 is 0. The summed E-state index contributed by atoms with van der Waals surface area (Å²) in [5, 5.41) is 11.7. The zero-order valence-electron chi connectivity index (χ0n) is 17.7. The zero-order chi connectivity index (χ0) is 21.1. The first-order chi connectivity index (χ1) is 14.0. The molecule has 29 heavy (non-hydrogen) atoms. The Morgan fingerprint density at radius 1 is 1.21 bits per heavy atom. The lowest BCUT2D eigenvalue weighted by Gasteiger charge is -2.17. The van der Waals surface area contributed by atoms with E-state index in [2.05, 4.69) is 46.4 Å². The van der Waals surface area contributed by atoms with Gasteiger partial charge in [-0.1, -0.05) is 13.3 Å². The summed E-state index contributed by atoms with van der Waals surface area (Å²) in [7, 11) is 0. The van der Waals surface area contributed by atoms with Crippen LogP contribution in [-0.4, -0.2) is 35.7 Å². The fraction of sp³-hybridized carbons (Fsp3) is 0.478. The Morgan fingerprint density at radius 3 is 2.45 bits per heavy atom. The second-order valence-electron chi connectivity index (χ2n) is 7.25. The van der Waals surface area contributed by atoms with Crippen LogP contribution < -0.4 is 15.0 Å². The van der Waals surface area contributed by atoms with E-state index in [1.54, 1.807) is 12.1 Å². The summed E-state index contributed by atoms with van der Waals surface area (Å²) < 4.78 is 5.65. The van der Waals surface area contributed by atoms with Gasteiger partial charge in [-0.15, -0.1) is 0 Å². The monoisotopic (exact) mass is 399 g/mol. The van der Waals surface area contributed by atoms with Crippen molar-refractivity contribution in [2.75, 3.05) is 24.6 Å². The number of pyridine rings is 1. The summed E-state index contributed by atoms with van der Waals surface area (Å²) in [5.41, 5.74) is 2.06. The molecule has 6 nitrogen and oxygen atoms in total. The molecule has 2 heterocycles. The number of aromatic hydroxyl groups is 1. The van der Waals surface area contributed by atoms with Crippen LogP contribution in [-0.2, 0) is 4.79 Å². The highest BCUT2D eigenvalue weighted by Crippen LogP contribution is 2.23. The number of anilines is 1.